The van der Waals surface area contributed by atoms with Gasteiger partial charge < -0.3 is 5.32 Å². The van der Waals surface area contributed by atoms with Crippen LogP contribution in [0.1, 0.15) is 36.2 Å². The number of fused-ring (bicyclic) bond motifs is 1. The summed E-state index contributed by atoms with van der Waals surface area (Å²) in [6.45, 7) is 5.99. The lowest BCUT2D eigenvalue weighted by Gasteiger charge is -2.13. The second-order valence-electron chi connectivity index (χ2n) is 5.63. The fourth-order valence-corrected chi connectivity index (χ4v) is 2.37. The minimum atomic E-state index is -0.0597. The van der Waals surface area contributed by atoms with Gasteiger partial charge in [-0.25, -0.2) is 4.98 Å². The van der Waals surface area contributed by atoms with Crippen molar-refractivity contribution in [1.29, 1.82) is 0 Å². The Hall–Kier alpha value is -2.76. The average Bonchev–Trinajstić information content (AvgIpc) is 2.98. The number of benzene rings is 1. The van der Waals surface area contributed by atoms with E-state index in [1.54, 1.807) is 16.9 Å². The molecule has 1 amide bonds. The molecule has 6 heteroatoms. The molecule has 0 spiro atoms. The van der Waals surface area contributed by atoms with Crippen molar-refractivity contribution in [3.05, 3.63) is 47.7 Å². The van der Waals surface area contributed by atoms with E-state index in [0.29, 0.717) is 11.2 Å². The number of carbonyl (C=O) groups excluding carboxylic acids is 1. The Bertz CT molecular complexity index is 855. The second kappa shape index (κ2) is 6.16. The molecule has 0 aliphatic rings. The quantitative estimate of drug-likeness (QED) is 0.804. The number of carbonyl (C=O) groups is 1. The highest BCUT2D eigenvalue weighted by Crippen LogP contribution is 2.19. The first-order valence-electron chi connectivity index (χ1n) is 7.68. The second-order valence-corrected chi connectivity index (χ2v) is 5.63. The maximum Gasteiger partial charge on any atom is 0.251 e. The zero-order valence-corrected chi connectivity index (χ0v) is 13.4. The third-order valence-corrected chi connectivity index (χ3v) is 3.89. The highest BCUT2D eigenvalue weighted by molar-refractivity contribution is 5.94. The van der Waals surface area contributed by atoms with Crippen LogP contribution in [0, 0.1) is 6.92 Å². The van der Waals surface area contributed by atoms with Crippen molar-refractivity contribution < 1.29 is 4.79 Å². The molecule has 3 rings (SSSR count). The lowest BCUT2D eigenvalue weighted by atomic mass is 10.1. The molecule has 0 fully saturated rings. The topological polar surface area (TPSA) is 72.7 Å². The maximum atomic E-state index is 12.2. The first-order chi connectivity index (χ1) is 11.1. The van der Waals surface area contributed by atoms with Crippen molar-refractivity contribution in [2.45, 2.75) is 33.2 Å². The molecular formula is C17H19N5O. The summed E-state index contributed by atoms with van der Waals surface area (Å²) in [7, 11) is 0. The number of hydrogen-bond donors (Lipinski definition) is 1. The molecule has 6 nitrogen and oxygen atoms in total. The summed E-state index contributed by atoms with van der Waals surface area (Å²) in [5.74, 6) is -0.0597. The van der Waals surface area contributed by atoms with E-state index in [4.69, 9.17) is 0 Å². The molecule has 0 bridgehead atoms. The van der Waals surface area contributed by atoms with Gasteiger partial charge in [-0.3, -0.25) is 4.79 Å². The van der Waals surface area contributed by atoms with Crippen molar-refractivity contribution in [2.24, 2.45) is 0 Å². The Morgan fingerprint density at radius 1 is 1.35 bits per heavy atom. The van der Waals surface area contributed by atoms with Gasteiger partial charge in [0, 0.05) is 17.8 Å². The Kier molecular flexibility index (Phi) is 4.06. The molecule has 0 aliphatic carbocycles. The van der Waals surface area contributed by atoms with Crippen LogP contribution in [0.25, 0.3) is 16.9 Å². The number of rotatable bonds is 4. The molecular weight excluding hydrogens is 290 g/mol. The van der Waals surface area contributed by atoms with E-state index in [1.165, 1.54) is 0 Å². The van der Waals surface area contributed by atoms with Gasteiger partial charge in [0.25, 0.3) is 5.91 Å². The molecule has 1 N–H and O–H groups in total. The highest BCUT2D eigenvalue weighted by atomic mass is 16.1. The van der Waals surface area contributed by atoms with E-state index < -0.39 is 0 Å². The fourth-order valence-electron chi connectivity index (χ4n) is 2.37. The first kappa shape index (κ1) is 15.1. The van der Waals surface area contributed by atoms with Crippen molar-refractivity contribution in [1.82, 2.24) is 25.3 Å². The Labute approximate surface area is 134 Å². The van der Waals surface area contributed by atoms with E-state index in [9.17, 15) is 4.79 Å². The van der Waals surface area contributed by atoms with E-state index in [1.807, 2.05) is 45.0 Å². The third-order valence-electron chi connectivity index (χ3n) is 3.89. The lowest BCUT2D eigenvalue weighted by Crippen LogP contribution is -2.31. The summed E-state index contributed by atoms with van der Waals surface area (Å²) < 4.78 is 1.70. The van der Waals surface area contributed by atoms with Gasteiger partial charge in [-0.2, -0.15) is 4.68 Å². The van der Waals surface area contributed by atoms with Gasteiger partial charge in [0.1, 0.15) is 5.52 Å². The molecule has 1 unspecified atom stereocenters. The van der Waals surface area contributed by atoms with Gasteiger partial charge in [-0.1, -0.05) is 12.1 Å². The summed E-state index contributed by atoms with van der Waals surface area (Å²) in [4.78, 5) is 16.5. The Morgan fingerprint density at radius 3 is 2.91 bits per heavy atom. The van der Waals surface area contributed by atoms with Crippen molar-refractivity contribution >= 4 is 17.1 Å². The predicted molar refractivity (Wildman–Crippen MR) is 88.6 cm³/mol. The van der Waals surface area contributed by atoms with Crippen LogP contribution in [0.4, 0.5) is 0 Å². The average molecular weight is 309 g/mol. The molecule has 3 aromatic rings. The minimum Gasteiger partial charge on any atom is -0.350 e. The molecule has 1 atom stereocenters. The molecule has 0 saturated carbocycles. The number of aromatic nitrogens is 4. The van der Waals surface area contributed by atoms with Gasteiger partial charge >= 0.3 is 0 Å². The van der Waals surface area contributed by atoms with Crippen LogP contribution >= 0.6 is 0 Å². The van der Waals surface area contributed by atoms with Crippen molar-refractivity contribution in [3.8, 4) is 5.69 Å². The monoisotopic (exact) mass is 309 g/mol. The molecule has 118 valence electrons. The zero-order valence-electron chi connectivity index (χ0n) is 13.4. The Morgan fingerprint density at radius 2 is 2.17 bits per heavy atom. The van der Waals surface area contributed by atoms with Gasteiger partial charge in [0.2, 0.25) is 0 Å². The van der Waals surface area contributed by atoms with E-state index in [2.05, 4.69) is 20.6 Å². The molecule has 0 radical (unpaired) electrons. The molecule has 1 aromatic carbocycles. The lowest BCUT2D eigenvalue weighted by molar-refractivity contribution is 0.0939. The van der Waals surface area contributed by atoms with Crippen molar-refractivity contribution in [3.63, 3.8) is 0 Å². The van der Waals surface area contributed by atoms with Gasteiger partial charge in [-0.15, -0.1) is 5.10 Å². The van der Waals surface area contributed by atoms with Gasteiger partial charge in [0.05, 0.1) is 5.69 Å². The number of nitrogens with zero attached hydrogens (tertiary/aromatic N) is 4. The summed E-state index contributed by atoms with van der Waals surface area (Å²) >= 11 is 0. The number of nitrogens with one attached hydrogen (secondary N) is 1. The number of hydrogen-bond acceptors (Lipinski definition) is 4. The van der Waals surface area contributed by atoms with E-state index >= 15 is 0 Å². The van der Waals surface area contributed by atoms with Crippen molar-refractivity contribution in [2.75, 3.05) is 0 Å². The van der Waals surface area contributed by atoms with Crippen LogP contribution < -0.4 is 5.32 Å². The fraction of sp³-hybridized carbons (Fsp3) is 0.294. The molecule has 2 aromatic heterocycles. The smallest absolute Gasteiger partial charge is 0.251 e. The van der Waals surface area contributed by atoms with E-state index in [-0.39, 0.29) is 11.9 Å². The largest absolute Gasteiger partial charge is 0.350 e. The minimum absolute atomic E-state index is 0.0597. The maximum absolute atomic E-state index is 12.2. The number of amides is 1. The molecule has 23 heavy (non-hydrogen) atoms. The predicted octanol–water partition coefficient (Wildman–Crippen LogP) is 2.65. The highest BCUT2D eigenvalue weighted by Gasteiger charge is 2.13. The van der Waals surface area contributed by atoms with Crippen LogP contribution in [-0.2, 0) is 0 Å². The Balaban J connectivity index is 1.95. The van der Waals surface area contributed by atoms with Crippen LogP contribution in [0.3, 0.4) is 0 Å². The van der Waals surface area contributed by atoms with Crippen LogP contribution in [0.15, 0.2) is 36.5 Å². The van der Waals surface area contributed by atoms with Crippen LogP contribution in [0.5, 0.6) is 0 Å². The summed E-state index contributed by atoms with van der Waals surface area (Å²) in [5.41, 5.74) is 3.90. The number of pyridine rings is 1. The third kappa shape index (κ3) is 2.92. The molecule has 0 saturated heterocycles. The normalized spacial score (nSPS) is 12.3. The van der Waals surface area contributed by atoms with Crippen LogP contribution in [0.2, 0.25) is 0 Å². The summed E-state index contributed by atoms with van der Waals surface area (Å²) in [5, 5.41) is 11.3. The standard InChI is InChI=1S/C17H19N5O/c1-4-12(3)19-17(23)13-7-8-15(11(2)10-13)22-16-14(20-21-22)6-5-9-18-16/h5-10,12H,4H2,1-3H3,(H,19,23). The summed E-state index contributed by atoms with van der Waals surface area (Å²) in [6, 6.07) is 9.40. The summed E-state index contributed by atoms with van der Waals surface area (Å²) in [6.07, 6.45) is 2.62. The zero-order chi connectivity index (χ0) is 16.4. The first-order valence-corrected chi connectivity index (χ1v) is 7.68. The van der Waals surface area contributed by atoms with Gasteiger partial charge in [0.15, 0.2) is 5.65 Å². The SMILES string of the molecule is CCC(C)NC(=O)c1ccc(-n2nnc3cccnc32)c(C)c1. The van der Waals surface area contributed by atoms with Crippen LogP contribution in [-0.4, -0.2) is 31.9 Å². The number of aryl methyl sites for hydroxylation is 1. The molecule has 2 heterocycles. The van der Waals surface area contributed by atoms with Gasteiger partial charge in [-0.05, 0) is 56.2 Å². The molecule has 0 aliphatic heterocycles. The van der Waals surface area contributed by atoms with E-state index in [0.717, 1.165) is 23.2 Å².